The molecular weight excluding hydrogens is 352 g/mol. The molecule has 28 heavy (non-hydrogen) atoms. The minimum Gasteiger partial charge on any atom is -0.504 e. The molecule has 1 heterocycles. The average molecular weight is 383 g/mol. The summed E-state index contributed by atoms with van der Waals surface area (Å²) in [5.41, 5.74) is 2.00. The lowest BCUT2D eigenvalue weighted by atomic mass is 10.1. The highest BCUT2D eigenvalue weighted by atomic mass is 16.5. The van der Waals surface area contributed by atoms with Crippen LogP contribution in [0.5, 0.6) is 11.5 Å². The van der Waals surface area contributed by atoms with Crippen molar-refractivity contribution in [2.24, 2.45) is 4.99 Å². The number of phenols is 1. The Morgan fingerprint density at radius 1 is 1.21 bits per heavy atom. The van der Waals surface area contributed by atoms with Gasteiger partial charge < -0.3 is 25.4 Å². The summed E-state index contributed by atoms with van der Waals surface area (Å²) in [6.45, 7) is 5.24. The number of rotatable bonds is 6. The van der Waals surface area contributed by atoms with Crippen molar-refractivity contribution in [3.8, 4) is 11.5 Å². The fraction of sp³-hybridized carbons (Fsp3) is 0.409. The van der Waals surface area contributed by atoms with E-state index in [1.54, 1.807) is 13.2 Å². The van der Waals surface area contributed by atoms with E-state index < -0.39 is 0 Å². The zero-order valence-electron chi connectivity index (χ0n) is 16.7. The number of benzene rings is 2. The van der Waals surface area contributed by atoms with E-state index in [1.165, 1.54) is 5.69 Å². The zero-order valence-corrected chi connectivity index (χ0v) is 16.7. The highest BCUT2D eigenvalue weighted by Crippen LogP contribution is 2.29. The Bertz CT molecular complexity index is 779. The summed E-state index contributed by atoms with van der Waals surface area (Å²) < 4.78 is 5.18. The Hall–Kier alpha value is -2.89. The van der Waals surface area contributed by atoms with Gasteiger partial charge in [0, 0.05) is 36.9 Å². The van der Waals surface area contributed by atoms with Crippen LogP contribution < -0.4 is 20.3 Å². The van der Waals surface area contributed by atoms with Crippen LogP contribution in [0.4, 0.5) is 5.69 Å². The standard InChI is InChI=1S/C22H30N4O2/c1-3-23-22(24-15-17-9-7-13-20(28-2)21(17)27)25-18-10-8-14-26(16-18)19-11-5-4-6-12-19/h4-7,9,11-13,18,27H,3,8,10,14-16H2,1-2H3,(H2,23,24,25). The van der Waals surface area contributed by atoms with Crippen LogP contribution in [0.1, 0.15) is 25.3 Å². The number of aromatic hydroxyl groups is 1. The van der Waals surface area contributed by atoms with E-state index in [0.717, 1.165) is 44.0 Å². The second-order valence-corrected chi connectivity index (χ2v) is 6.93. The van der Waals surface area contributed by atoms with Crippen LogP contribution in [0.2, 0.25) is 0 Å². The first-order valence-electron chi connectivity index (χ1n) is 9.91. The fourth-order valence-electron chi connectivity index (χ4n) is 3.51. The number of nitrogens with zero attached hydrogens (tertiary/aromatic N) is 2. The van der Waals surface area contributed by atoms with Crippen molar-refractivity contribution < 1.29 is 9.84 Å². The first-order chi connectivity index (χ1) is 13.7. The largest absolute Gasteiger partial charge is 0.504 e. The Labute approximate surface area is 167 Å². The van der Waals surface area contributed by atoms with Gasteiger partial charge in [-0.2, -0.15) is 0 Å². The highest BCUT2D eigenvalue weighted by Gasteiger charge is 2.21. The molecule has 1 unspecified atom stereocenters. The lowest BCUT2D eigenvalue weighted by molar-refractivity contribution is 0.370. The van der Waals surface area contributed by atoms with Gasteiger partial charge in [-0.05, 0) is 38.0 Å². The van der Waals surface area contributed by atoms with Crippen molar-refractivity contribution >= 4 is 11.6 Å². The third-order valence-electron chi connectivity index (χ3n) is 4.94. The van der Waals surface area contributed by atoms with Crippen LogP contribution in [-0.4, -0.2) is 43.9 Å². The van der Waals surface area contributed by atoms with Gasteiger partial charge in [-0.3, -0.25) is 0 Å². The summed E-state index contributed by atoms with van der Waals surface area (Å²) in [5, 5.41) is 17.1. The van der Waals surface area contributed by atoms with Gasteiger partial charge in [0.25, 0.3) is 0 Å². The first-order valence-corrected chi connectivity index (χ1v) is 9.91. The lowest BCUT2D eigenvalue weighted by Gasteiger charge is -2.35. The van der Waals surface area contributed by atoms with Crippen molar-refractivity contribution in [1.29, 1.82) is 0 Å². The Morgan fingerprint density at radius 3 is 2.79 bits per heavy atom. The number of anilines is 1. The van der Waals surface area contributed by atoms with E-state index in [2.05, 4.69) is 51.7 Å². The molecule has 1 fully saturated rings. The molecule has 1 saturated heterocycles. The molecule has 150 valence electrons. The van der Waals surface area contributed by atoms with E-state index in [1.807, 2.05) is 18.2 Å². The molecule has 0 saturated carbocycles. The van der Waals surface area contributed by atoms with E-state index in [0.29, 0.717) is 18.3 Å². The number of para-hydroxylation sites is 2. The molecule has 2 aromatic rings. The van der Waals surface area contributed by atoms with Gasteiger partial charge in [0.15, 0.2) is 17.5 Å². The first kappa shape index (κ1) is 19.9. The van der Waals surface area contributed by atoms with Crippen molar-refractivity contribution in [3.63, 3.8) is 0 Å². The van der Waals surface area contributed by atoms with Crippen molar-refractivity contribution in [1.82, 2.24) is 10.6 Å². The van der Waals surface area contributed by atoms with Crippen LogP contribution in [-0.2, 0) is 6.54 Å². The maximum absolute atomic E-state index is 10.3. The molecule has 1 aliphatic rings. The minimum atomic E-state index is 0.150. The second kappa shape index (κ2) is 9.88. The summed E-state index contributed by atoms with van der Waals surface area (Å²) in [7, 11) is 1.55. The highest BCUT2D eigenvalue weighted by molar-refractivity contribution is 5.80. The second-order valence-electron chi connectivity index (χ2n) is 6.93. The number of methoxy groups -OCH3 is 1. The van der Waals surface area contributed by atoms with E-state index >= 15 is 0 Å². The monoisotopic (exact) mass is 382 g/mol. The van der Waals surface area contributed by atoms with Gasteiger partial charge in [-0.15, -0.1) is 0 Å². The topological polar surface area (TPSA) is 69.1 Å². The van der Waals surface area contributed by atoms with Gasteiger partial charge in [0.2, 0.25) is 0 Å². The third-order valence-corrected chi connectivity index (χ3v) is 4.94. The van der Waals surface area contributed by atoms with Crippen LogP contribution in [0.15, 0.2) is 53.5 Å². The number of aliphatic imine (C=N–C) groups is 1. The number of hydrogen-bond donors (Lipinski definition) is 3. The Kier molecular flexibility index (Phi) is 7.00. The molecule has 6 heteroatoms. The average Bonchev–Trinajstić information content (AvgIpc) is 2.74. The van der Waals surface area contributed by atoms with Crippen LogP contribution in [0.3, 0.4) is 0 Å². The van der Waals surface area contributed by atoms with E-state index in [9.17, 15) is 5.11 Å². The maximum atomic E-state index is 10.3. The van der Waals surface area contributed by atoms with E-state index in [-0.39, 0.29) is 5.75 Å². The van der Waals surface area contributed by atoms with Gasteiger partial charge >= 0.3 is 0 Å². The van der Waals surface area contributed by atoms with Gasteiger partial charge in [0.1, 0.15) is 0 Å². The molecule has 2 aromatic carbocycles. The maximum Gasteiger partial charge on any atom is 0.191 e. The molecule has 1 atom stereocenters. The Morgan fingerprint density at radius 2 is 2.04 bits per heavy atom. The molecule has 1 aliphatic heterocycles. The molecule has 0 spiro atoms. The molecule has 0 bridgehead atoms. The van der Waals surface area contributed by atoms with Crippen molar-refractivity contribution in [2.75, 3.05) is 31.6 Å². The Balaban J connectivity index is 1.66. The van der Waals surface area contributed by atoms with Gasteiger partial charge in [-0.25, -0.2) is 4.99 Å². The number of guanidine groups is 1. The summed E-state index contributed by atoms with van der Waals surface area (Å²) in [6, 6.07) is 16.3. The van der Waals surface area contributed by atoms with Crippen LogP contribution in [0, 0.1) is 0 Å². The number of ether oxygens (including phenoxy) is 1. The number of phenolic OH excluding ortho intramolecular Hbond substituents is 1. The molecular formula is C22H30N4O2. The van der Waals surface area contributed by atoms with Gasteiger partial charge in [-0.1, -0.05) is 30.3 Å². The summed E-state index contributed by atoms with van der Waals surface area (Å²) in [6.07, 6.45) is 2.25. The predicted octanol–water partition coefficient (Wildman–Crippen LogP) is 3.12. The number of piperidine rings is 1. The fourth-order valence-corrected chi connectivity index (χ4v) is 3.51. The molecule has 0 aliphatic carbocycles. The van der Waals surface area contributed by atoms with E-state index in [4.69, 9.17) is 4.74 Å². The molecule has 6 nitrogen and oxygen atoms in total. The SMILES string of the molecule is CCNC(=NCc1cccc(OC)c1O)NC1CCCN(c2ccccc2)C1. The molecule has 3 N–H and O–H groups in total. The summed E-state index contributed by atoms with van der Waals surface area (Å²) >= 11 is 0. The number of hydrogen-bond acceptors (Lipinski definition) is 4. The smallest absolute Gasteiger partial charge is 0.191 e. The molecule has 0 aromatic heterocycles. The summed E-state index contributed by atoms with van der Waals surface area (Å²) in [4.78, 5) is 7.09. The normalized spacial score (nSPS) is 17.3. The molecule has 0 radical (unpaired) electrons. The quantitative estimate of drug-likeness (QED) is 0.529. The van der Waals surface area contributed by atoms with Crippen LogP contribution in [0.25, 0.3) is 0 Å². The number of nitrogens with one attached hydrogen (secondary N) is 2. The lowest BCUT2D eigenvalue weighted by Crippen LogP contribution is -2.51. The van der Waals surface area contributed by atoms with Crippen molar-refractivity contribution in [2.45, 2.75) is 32.4 Å². The van der Waals surface area contributed by atoms with Gasteiger partial charge in [0.05, 0.1) is 13.7 Å². The molecule has 3 rings (SSSR count). The van der Waals surface area contributed by atoms with Crippen LogP contribution >= 0.6 is 0 Å². The zero-order chi connectivity index (χ0) is 19.8. The summed E-state index contributed by atoms with van der Waals surface area (Å²) in [5.74, 6) is 1.39. The minimum absolute atomic E-state index is 0.150. The predicted molar refractivity (Wildman–Crippen MR) is 114 cm³/mol. The van der Waals surface area contributed by atoms with Crippen molar-refractivity contribution in [3.05, 3.63) is 54.1 Å². The third kappa shape index (κ3) is 5.09. The molecule has 0 amide bonds.